The third-order valence-corrected chi connectivity index (χ3v) is 6.83. The summed E-state index contributed by atoms with van der Waals surface area (Å²) in [6, 6.07) is 7.29. The normalized spacial score (nSPS) is 16.3. The minimum Gasteiger partial charge on any atom is -0.347 e. The Labute approximate surface area is 215 Å². The smallest absolute Gasteiger partial charge is 0.347 e. The van der Waals surface area contributed by atoms with E-state index in [9.17, 15) is 31.1 Å². The fourth-order valence-electron chi connectivity index (χ4n) is 5.04. The highest BCUT2D eigenvalue weighted by atomic mass is 19.4. The maximum Gasteiger partial charge on any atom is 0.418 e. The maximum absolute atomic E-state index is 13.7. The molecule has 204 valence electrons. The molecule has 1 fully saturated rings. The molecular formula is C26H27F6N5O. The molecule has 4 rings (SSSR count). The second kappa shape index (κ2) is 10.7. The van der Waals surface area contributed by atoms with Gasteiger partial charge in [-0.05, 0) is 49.1 Å². The standard InChI is InChI=1S/C26H27F6N5O/c1-16-7-8-17(13-20(16)26(30,31)32)23(21-14-34-15-35-21)36-11-9-18(10-12-36)37(24(38)33-2)22-6-4-3-5-19(22)25(27,28)29/h3-8,13-15,18,23H,9-12H2,1-2H3,(H,33,38)(H,34,35). The molecule has 6 nitrogen and oxygen atoms in total. The van der Waals surface area contributed by atoms with Crippen LogP contribution >= 0.6 is 0 Å². The molecule has 0 saturated carbocycles. The molecule has 38 heavy (non-hydrogen) atoms. The molecule has 2 heterocycles. The van der Waals surface area contributed by atoms with Crippen LogP contribution in [0.3, 0.4) is 0 Å². The van der Waals surface area contributed by atoms with E-state index in [-0.39, 0.29) is 11.3 Å². The number of alkyl halides is 6. The number of aryl methyl sites for hydroxylation is 1. The van der Waals surface area contributed by atoms with E-state index in [1.165, 1.54) is 44.6 Å². The van der Waals surface area contributed by atoms with Gasteiger partial charge in [0.15, 0.2) is 0 Å². The quantitative estimate of drug-likeness (QED) is 0.382. The van der Waals surface area contributed by atoms with Gasteiger partial charge in [-0.2, -0.15) is 26.3 Å². The highest BCUT2D eigenvalue weighted by molar-refractivity contribution is 5.93. The van der Waals surface area contributed by atoms with E-state index < -0.39 is 41.6 Å². The van der Waals surface area contributed by atoms with Crippen LogP contribution in [0.2, 0.25) is 0 Å². The molecule has 1 aromatic heterocycles. The van der Waals surface area contributed by atoms with Crippen LogP contribution in [0.15, 0.2) is 55.0 Å². The second-order valence-corrected chi connectivity index (χ2v) is 9.19. The van der Waals surface area contributed by atoms with Gasteiger partial charge in [-0.3, -0.25) is 9.80 Å². The molecule has 12 heteroatoms. The summed E-state index contributed by atoms with van der Waals surface area (Å²) in [5.74, 6) is 0. The number of aromatic nitrogens is 2. The van der Waals surface area contributed by atoms with Crippen molar-refractivity contribution in [2.75, 3.05) is 25.0 Å². The number of halogens is 6. The van der Waals surface area contributed by atoms with E-state index in [0.29, 0.717) is 37.2 Å². The lowest BCUT2D eigenvalue weighted by Crippen LogP contribution is -2.51. The Morgan fingerprint density at radius 1 is 1.05 bits per heavy atom. The molecule has 1 saturated heterocycles. The number of benzene rings is 2. The monoisotopic (exact) mass is 539 g/mol. The first-order valence-corrected chi connectivity index (χ1v) is 12.0. The first-order chi connectivity index (χ1) is 17.9. The van der Waals surface area contributed by atoms with E-state index in [4.69, 9.17) is 0 Å². The Balaban J connectivity index is 1.64. The fraction of sp³-hybridized carbons (Fsp3) is 0.385. The summed E-state index contributed by atoms with van der Waals surface area (Å²) >= 11 is 0. The van der Waals surface area contributed by atoms with Crippen molar-refractivity contribution in [2.45, 2.75) is 44.2 Å². The highest BCUT2D eigenvalue weighted by Crippen LogP contribution is 2.40. The summed E-state index contributed by atoms with van der Waals surface area (Å²) in [5, 5.41) is 2.43. The van der Waals surface area contributed by atoms with Gasteiger partial charge in [0.1, 0.15) is 0 Å². The molecule has 1 atom stereocenters. The van der Waals surface area contributed by atoms with E-state index in [1.54, 1.807) is 12.3 Å². The average molecular weight is 540 g/mol. The molecule has 0 aliphatic carbocycles. The van der Waals surface area contributed by atoms with Gasteiger partial charge in [-0.25, -0.2) is 9.78 Å². The zero-order chi connectivity index (χ0) is 27.7. The van der Waals surface area contributed by atoms with Crippen molar-refractivity contribution in [1.82, 2.24) is 20.2 Å². The number of imidazole rings is 1. The number of H-pyrrole nitrogens is 1. The van der Waals surface area contributed by atoms with Gasteiger partial charge in [-0.1, -0.05) is 24.3 Å². The number of urea groups is 1. The lowest BCUT2D eigenvalue weighted by molar-refractivity contribution is -0.138. The van der Waals surface area contributed by atoms with Crippen LogP contribution in [0.4, 0.5) is 36.8 Å². The minimum absolute atomic E-state index is 0.105. The van der Waals surface area contributed by atoms with Gasteiger partial charge in [0.05, 0.1) is 34.9 Å². The van der Waals surface area contributed by atoms with E-state index >= 15 is 0 Å². The Hall–Kier alpha value is -3.54. The molecule has 1 aliphatic rings. The summed E-state index contributed by atoms with van der Waals surface area (Å²) in [6.45, 7) is 2.05. The molecule has 0 radical (unpaired) electrons. The Kier molecular flexibility index (Phi) is 7.73. The van der Waals surface area contributed by atoms with Crippen molar-refractivity contribution >= 4 is 11.7 Å². The topological polar surface area (TPSA) is 64.3 Å². The van der Waals surface area contributed by atoms with Crippen molar-refractivity contribution in [3.63, 3.8) is 0 Å². The number of para-hydroxylation sites is 1. The molecule has 1 aliphatic heterocycles. The number of nitrogens with one attached hydrogen (secondary N) is 2. The van der Waals surface area contributed by atoms with Crippen molar-refractivity contribution in [3.05, 3.63) is 82.9 Å². The zero-order valence-electron chi connectivity index (χ0n) is 20.7. The van der Waals surface area contributed by atoms with Crippen LogP contribution in [0.25, 0.3) is 0 Å². The van der Waals surface area contributed by atoms with E-state index in [2.05, 4.69) is 15.3 Å². The zero-order valence-corrected chi connectivity index (χ0v) is 20.7. The van der Waals surface area contributed by atoms with Crippen LogP contribution in [0.1, 0.15) is 46.8 Å². The van der Waals surface area contributed by atoms with Crippen molar-refractivity contribution in [2.24, 2.45) is 0 Å². The van der Waals surface area contributed by atoms with E-state index in [0.717, 1.165) is 17.0 Å². The first-order valence-electron chi connectivity index (χ1n) is 12.0. The number of carbonyl (C=O) groups excluding carboxylic acids is 1. The molecule has 2 aromatic carbocycles. The summed E-state index contributed by atoms with van der Waals surface area (Å²) < 4.78 is 82.2. The van der Waals surface area contributed by atoms with Gasteiger partial charge < -0.3 is 10.3 Å². The Morgan fingerprint density at radius 2 is 1.71 bits per heavy atom. The molecule has 3 aromatic rings. The van der Waals surface area contributed by atoms with Crippen LogP contribution in [0, 0.1) is 6.92 Å². The minimum atomic E-state index is -4.66. The van der Waals surface area contributed by atoms with Crippen LogP contribution < -0.4 is 10.2 Å². The summed E-state index contributed by atoms with van der Waals surface area (Å²) in [6.07, 6.45) is -5.58. The first kappa shape index (κ1) is 27.5. The molecular weight excluding hydrogens is 512 g/mol. The van der Waals surface area contributed by atoms with E-state index in [1.807, 2.05) is 4.90 Å². The fourth-order valence-corrected chi connectivity index (χ4v) is 5.04. The number of likely N-dealkylation sites (tertiary alicyclic amines) is 1. The molecule has 2 N–H and O–H groups in total. The lowest BCUT2D eigenvalue weighted by atomic mass is 9.94. The molecule has 0 bridgehead atoms. The number of hydrogen-bond acceptors (Lipinski definition) is 3. The van der Waals surface area contributed by atoms with Gasteiger partial charge in [-0.15, -0.1) is 0 Å². The average Bonchev–Trinajstić information content (AvgIpc) is 3.39. The molecule has 2 amide bonds. The number of nitrogens with zero attached hydrogens (tertiary/aromatic N) is 3. The summed E-state index contributed by atoms with van der Waals surface area (Å²) in [4.78, 5) is 22.9. The predicted octanol–water partition coefficient (Wildman–Crippen LogP) is 6.16. The van der Waals surface area contributed by atoms with Crippen LogP contribution in [-0.4, -0.2) is 47.1 Å². The largest absolute Gasteiger partial charge is 0.418 e. The molecule has 1 unspecified atom stereocenters. The van der Waals surface area contributed by atoms with Gasteiger partial charge in [0.2, 0.25) is 0 Å². The number of hydrogen-bond donors (Lipinski definition) is 2. The molecule has 0 spiro atoms. The number of rotatable bonds is 5. The van der Waals surface area contributed by atoms with Gasteiger partial charge >= 0.3 is 18.4 Å². The number of piperidine rings is 1. The SMILES string of the molecule is CNC(=O)N(c1ccccc1C(F)(F)F)C1CCN(C(c2ccc(C)c(C(F)(F)F)c2)c2cnc[nH]2)CC1. The maximum atomic E-state index is 13.7. The number of carbonyl (C=O) groups is 1. The van der Waals surface area contributed by atoms with Gasteiger partial charge in [0.25, 0.3) is 0 Å². The number of anilines is 1. The van der Waals surface area contributed by atoms with Crippen molar-refractivity contribution in [1.29, 1.82) is 0 Å². The highest BCUT2D eigenvalue weighted by Gasteiger charge is 2.40. The second-order valence-electron chi connectivity index (χ2n) is 9.19. The van der Waals surface area contributed by atoms with Crippen LogP contribution in [0.5, 0.6) is 0 Å². The van der Waals surface area contributed by atoms with Crippen LogP contribution in [-0.2, 0) is 12.4 Å². The third-order valence-electron chi connectivity index (χ3n) is 6.83. The van der Waals surface area contributed by atoms with Crippen molar-refractivity contribution < 1.29 is 31.1 Å². The Bertz CT molecular complexity index is 1250. The summed E-state index contributed by atoms with van der Waals surface area (Å²) in [5.41, 5.74) is -0.781. The predicted molar refractivity (Wildman–Crippen MR) is 130 cm³/mol. The summed E-state index contributed by atoms with van der Waals surface area (Å²) in [7, 11) is 1.35. The van der Waals surface area contributed by atoms with Gasteiger partial charge in [0, 0.05) is 32.4 Å². The number of amides is 2. The van der Waals surface area contributed by atoms with Crippen molar-refractivity contribution in [3.8, 4) is 0 Å². The Morgan fingerprint density at radius 3 is 2.29 bits per heavy atom. The lowest BCUT2D eigenvalue weighted by Gasteiger charge is -2.41. The third kappa shape index (κ3) is 5.64. The number of aromatic amines is 1.